The second-order valence-electron chi connectivity index (χ2n) is 6.77. The van der Waals surface area contributed by atoms with Gasteiger partial charge in [0, 0.05) is 29.7 Å². The van der Waals surface area contributed by atoms with Crippen LogP contribution in [0.1, 0.15) is 51.5 Å². The molecule has 2 unspecified atom stereocenters. The minimum Gasteiger partial charge on any atom is -0.390 e. The number of hydrogen-bond acceptors (Lipinski definition) is 3. The minimum atomic E-state index is -0.788. The van der Waals surface area contributed by atoms with Crippen molar-refractivity contribution in [1.29, 1.82) is 0 Å². The zero-order valence-electron chi connectivity index (χ0n) is 13.6. The molecule has 1 aromatic carbocycles. The van der Waals surface area contributed by atoms with E-state index in [0.29, 0.717) is 26.1 Å². The van der Waals surface area contributed by atoms with Crippen molar-refractivity contribution < 1.29 is 9.84 Å². The van der Waals surface area contributed by atoms with Crippen molar-refractivity contribution in [2.75, 3.05) is 13.2 Å². The first-order chi connectivity index (χ1) is 10.4. The molecule has 1 saturated carbocycles. The molecule has 0 amide bonds. The molecule has 124 valence electrons. The minimum absolute atomic E-state index is 0.0137. The number of ether oxygens (including phenoxy) is 1. The van der Waals surface area contributed by atoms with Crippen LogP contribution in [0, 0.1) is 0 Å². The molecule has 3 N–H and O–H groups in total. The van der Waals surface area contributed by atoms with Crippen LogP contribution in [0.15, 0.2) is 24.3 Å². The van der Waals surface area contributed by atoms with Crippen molar-refractivity contribution >= 4 is 11.6 Å². The highest BCUT2D eigenvalue weighted by molar-refractivity contribution is 6.30. The van der Waals surface area contributed by atoms with Crippen molar-refractivity contribution in [2.24, 2.45) is 5.73 Å². The molecule has 4 heteroatoms. The third kappa shape index (κ3) is 4.02. The van der Waals surface area contributed by atoms with E-state index in [-0.39, 0.29) is 11.5 Å². The van der Waals surface area contributed by atoms with Gasteiger partial charge in [0.2, 0.25) is 0 Å². The van der Waals surface area contributed by atoms with Gasteiger partial charge in [-0.25, -0.2) is 0 Å². The van der Waals surface area contributed by atoms with Gasteiger partial charge in [-0.2, -0.15) is 0 Å². The van der Waals surface area contributed by atoms with E-state index >= 15 is 0 Å². The first-order valence-electron chi connectivity index (χ1n) is 8.21. The molecule has 1 aliphatic rings. The molecule has 2 rings (SSSR count). The highest BCUT2D eigenvalue weighted by Gasteiger charge is 2.45. The van der Waals surface area contributed by atoms with Crippen LogP contribution in [-0.4, -0.2) is 30.0 Å². The summed E-state index contributed by atoms with van der Waals surface area (Å²) in [7, 11) is 0. The molecule has 0 aliphatic heterocycles. The quantitative estimate of drug-likeness (QED) is 0.717. The lowest BCUT2D eigenvalue weighted by atomic mass is 9.58. The van der Waals surface area contributed by atoms with Crippen molar-refractivity contribution in [1.82, 2.24) is 0 Å². The molecule has 3 nitrogen and oxygen atoms in total. The lowest BCUT2D eigenvalue weighted by Gasteiger charge is -2.48. The number of rotatable bonds is 8. The highest BCUT2D eigenvalue weighted by atomic mass is 35.5. The second kappa shape index (κ2) is 7.31. The lowest BCUT2D eigenvalue weighted by molar-refractivity contribution is -0.00678. The summed E-state index contributed by atoms with van der Waals surface area (Å²) in [6.45, 7) is 5.07. The van der Waals surface area contributed by atoms with Crippen molar-refractivity contribution in [2.45, 2.75) is 63.0 Å². The topological polar surface area (TPSA) is 55.5 Å². The number of nitrogens with two attached hydrogens (primary N) is 1. The zero-order valence-corrected chi connectivity index (χ0v) is 14.4. The molecule has 1 aromatic rings. The van der Waals surface area contributed by atoms with Gasteiger partial charge in [-0.05, 0) is 57.2 Å². The van der Waals surface area contributed by atoms with Crippen molar-refractivity contribution in [3.8, 4) is 0 Å². The number of hydrogen-bond donors (Lipinski definition) is 2. The third-order valence-electron chi connectivity index (χ3n) is 5.02. The van der Waals surface area contributed by atoms with E-state index in [9.17, 15) is 5.11 Å². The summed E-state index contributed by atoms with van der Waals surface area (Å²) in [5.74, 6) is 0. The summed E-state index contributed by atoms with van der Waals surface area (Å²) >= 11 is 5.99. The molecular weight excluding hydrogens is 298 g/mol. The summed E-state index contributed by atoms with van der Waals surface area (Å²) in [4.78, 5) is 0. The predicted molar refractivity (Wildman–Crippen MR) is 91.3 cm³/mol. The van der Waals surface area contributed by atoms with Crippen LogP contribution >= 0.6 is 11.6 Å². The fraction of sp³-hybridized carbons (Fsp3) is 0.667. The average molecular weight is 326 g/mol. The lowest BCUT2D eigenvalue weighted by Crippen LogP contribution is -2.53. The molecule has 0 bridgehead atoms. The Labute approximate surface area is 138 Å². The molecule has 22 heavy (non-hydrogen) atoms. The van der Waals surface area contributed by atoms with Crippen LogP contribution in [0.5, 0.6) is 0 Å². The van der Waals surface area contributed by atoms with Gasteiger partial charge >= 0.3 is 0 Å². The van der Waals surface area contributed by atoms with Crippen LogP contribution in [0.3, 0.4) is 0 Å². The van der Waals surface area contributed by atoms with Crippen LogP contribution in [0.4, 0.5) is 0 Å². The van der Waals surface area contributed by atoms with Gasteiger partial charge in [0.25, 0.3) is 0 Å². The Kier molecular flexibility index (Phi) is 5.89. The monoisotopic (exact) mass is 325 g/mol. The van der Waals surface area contributed by atoms with E-state index in [2.05, 4.69) is 12.1 Å². The van der Waals surface area contributed by atoms with Crippen molar-refractivity contribution in [3.63, 3.8) is 0 Å². The fourth-order valence-electron chi connectivity index (χ4n) is 3.42. The Bertz CT molecular complexity index is 468. The summed E-state index contributed by atoms with van der Waals surface area (Å²) < 4.78 is 5.36. The summed E-state index contributed by atoms with van der Waals surface area (Å²) in [5.41, 5.74) is 6.99. The SMILES string of the molecule is CCOCCC(C)(O)CC(N)C1(c2ccc(Cl)cc2)CCC1. The van der Waals surface area contributed by atoms with Gasteiger partial charge in [0.15, 0.2) is 0 Å². The average Bonchev–Trinajstić information content (AvgIpc) is 2.39. The fourth-order valence-corrected chi connectivity index (χ4v) is 3.55. The van der Waals surface area contributed by atoms with Gasteiger partial charge < -0.3 is 15.6 Å². The molecular formula is C18H28ClNO2. The van der Waals surface area contributed by atoms with Gasteiger partial charge in [0.05, 0.1) is 5.60 Å². The van der Waals surface area contributed by atoms with Crippen LogP contribution in [0.25, 0.3) is 0 Å². The smallest absolute Gasteiger partial charge is 0.0656 e. The molecule has 0 saturated heterocycles. The Morgan fingerprint density at radius 2 is 2.00 bits per heavy atom. The number of benzene rings is 1. The molecule has 0 radical (unpaired) electrons. The normalized spacial score (nSPS) is 21.0. The first kappa shape index (κ1) is 17.7. The molecule has 2 atom stereocenters. The Morgan fingerprint density at radius 1 is 1.36 bits per heavy atom. The predicted octanol–water partition coefficient (Wildman–Crippen LogP) is 3.66. The van der Waals surface area contributed by atoms with E-state index in [1.165, 1.54) is 12.0 Å². The first-order valence-corrected chi connectivity index (χ1v) is 8.59. The zero-order chi connectivity index (χ0) is 16.2. The van der Waals surface area contributed by atoms with Crippen molar-refractivity contribution in [3.05, 3.63) is 34.9 Å². The van der Waals surface area contributed by atoms with Gasteiger partial charge in [0.1, 0.15) is 0 Å². The second-order valence-corrected chi connectivity index (χ2v) is 7.21. The van der Waals surface area contributed by atoms with Gasteiger partial charge in [-0.1, -0.05) is 30.2 Å². The summed E-state index contributed by atoms with van der Waals surface area (Å²) in [6, 6.07) is 7.96. The molecule has 1 fully saturated rings. The molecule has 0 heterocycles. The van der Waals surface area contributed by atoms with E-state index in [0.717, 1.165) is 17.9 Å². The third-order valence-corrected chi connectivity index (χ3v) is 5.28. The number of aliphatic hydroxyl groups is 1. The highest BCUT2D eigenvalue weighted by Crippen LogP contribution is 2.47. The largest absolute Gasteiger partial charge is 0.390 e. The Morgan fingerprint density at radius 3 is 2.50 bits per heavy atom. The Hall–Kier alpha value is -0.610. The van der Waals surface area contributed by atoms with Crippen LogP contribution in [0.2, 0.25) is 5.02 Å². The molecule has 1 aliphatic carbocycles. The maximum atomic E-state index is 10.6. The summed E-state index contributed by atoms with van der Waals surface area (Å²) in [6.07, 6.45) is 4.56. The number of halogens is 1. The van der Waals surface area contributed by atoms with Gasteiger partial charge in [-0.15, -0.1) is 0 Å². The molecule has 0 aromatic heterocycles. The maximum Gasteiger partial charge on any atom is 0.0656 e. The van der Waals surface area contributed by atoms with Crippen LogP contribution < -0.4 is 5.73 Å². The Balaban J connectivity index is 2.05. The van der Waals surface area contributed by atoms with E-state index in [4.69, 9.17) is 22.1 Å². The standard InChI is InChI=1S/C18H28ClNO2/c1-3-22-12-11-17(2,21)13-16(20)18(9-4-10-18)14-5-7-15(19)8-6-14/h5-8,16,21H,3-4,9-13,20H2,1-2H3. The van der Waals surface area contributed by atoms with E-state index in [1.807, 2.05) is 26.0 Å². The maximum absolute atomic E-state index is 10.6. The summed E-state index contributed by atoms with van der Waals surface area (Å²) in [5, 5.41) is 11.4. The van der Waals surface area contributed by atoms with E-state index in [1.54, 1.807) is 0 Å². The van der Waals surface area contributed by atoms with Gasteiger partial charge in [-0.3, -0.25) is 0 Å². The van der Waals surface area contributed by atoms with Crippen LogP contribution in [-0.2, 0) is 10.2 Å². The molecule has 0 spiro atoms. The van der Waals surface area contributed by atoms with E-state index < -0.39 is 5.60 Å².